The SMILES string of the molecule is O=C([O-])[O-].[BH4-].[Na+].[Na+].[Na+]. The topological polar surface area (TPSA) is 63.2 Å². The predicted octanol–water partition coefficient (Wildman–Crippen LogP) is -12.9. The Bertz CT molecular complexity index is 37.5. The molecule has 8 heavy (non-hydrogen) atoms. The third-order valence-electron chi connectivity index (χ3n) is 0. The molecule has 0 heterocycles. The van der Waals surface area contributed by atoms with Crippen LogP contribution in [-0.4, -0.2) is 14.6 Å². The van der Waals surface area contributed by atoms with Gasteiger partial charge in [-0.2, -0.15) is 0 Å². The van der Waals surface area contributed by atoms with E-state index in [1.807, 2.05) is 0 Å². The van der Waals surface area contributed by atoms with Crippen molar-refractivity contribution in [2.24, 2.45) is 0 Å². The van der Waals surface area contributed by atoms with E-state index in [1.54, 1.807) is 0 Å². The third-order valence-corrected chi connectivity index (χ3v) is 0. The number of carboxylic acid groups (broad SMARTS) is 2. The summed E-state index contributed by atoms with van der Waals surface area (Å²) in [6.45, 7) is 0. The van der Waals surface area contributed by atoms with E-state index in [0.717, 1.165) is 0 Å². The average molecular weight is 144 g/mol. The molecule has 0 fully saturated rings. The van der Waals surface area contributed by atoms with Gasteiger partial charge in [-0.15, -0.1) is 0 Å². The summed E-state index contributed by atoms with van der Waals surface area (Å²) >= 11 is 0. The monoisotopic (exact) mass is 144 g/mol. The van der Waals surface area contributed by atoms with Crippen molar-refractivity contribution in [3.05, 3.63) is 0 Å². The zero-order valence-corrected chi connectivity index (χ0v) is 10.7. The first kappa shape index (κ1) is 31.6. The normalized spacial score (nSPS) is 3.00. The van der Waals surface area contributed by atoms with Gasteiger partial charge in [0.05, 0.1) is 0 Å². The van der Waals surface area contributed by atoms with Crippen LogP contribution in [0.2, 0.25) is 0 Å². The Morgan fingerprint density at radius 2 is 1.00 bits per heavy atom. The van der Waals surface area contributed by atoms with Gasteiger partial charge in [-0.25, -0.2) is 0 Å². The minimum absolute atomic E-state index is 0. The van der Waals surface area contributed by atoms with Crippen LogP contribution in [0.1, 0.15) is 0 Å². The van der Waals surface area contributed by atoms with Crippen molar-refractivity contribution < 1.29 is 104 Å². The van der Waals surface area contributed by atoms with Crippen molar-refractivity contribution in [2.75, 3.05) is 0 Å². The Morgan fingerprint density at radius 3 is 1.00 bits per heavy atom. The Labute approximate surface area is 116 Å². The first-order valence-corrected chi connectivity index (χ1v) is 0.612. The van der Waals surface area contributed by atoms with Crippen molar-refractivity contribution in [1.82, 2.24) is 0 Å². The first-order valence-electron chi connectivity index (χ1n) is 0.612. The van der Waals surface area contributed by atoms with Crippen LogP contribution in [-0.2, 0) is 0 Å². The van der Waals surface area contributed by atoms with E-state index in [4.69, 9.17) is 15.0 Å². The molecule has 3 nitrogen and oxygen atoms in total. The number of carbonyl (C=O) groups excluding carboxylic acids is 1. The molecule has 0 unspecified atom stereocenters. The largest absolute Gasteiger partial charge is 1.00 e. The Morgan fingerprint density at radius 1 is 1.00 bits per heavy atom. The molecule has 0 atom stereocenters. The fourth-order valence-electron chi connectivity index (χ4n) is 0. The first-order chi connectivity index (χ1) is 1.73. The van der Waals surface area contributed by atoms with Crippen molar-refractivity contribution in [3.63, 3.8) is 0 Å². The summed E-state index contributed by atoms with van der Waals surface area (Å²) in [5.41, 5.74) is 0. The van der Waals surface area contributed by atoms with Gasteiger partial charge in [-0.1, -0.05) is 8.41 Å². The molecule has 0 radical (unpaired) electrons. The zero-order valence-electron chi connectivity index (χ0n) is 4.72. The molecule has 0 aliphatic rings. The summed E-state index contributed by atoms with van der Waals surface area (Å²) in [5.74, 6) is 0. The Balaban J connectivity index is -0.00000000750. The maximum absolute atomic E-state index is 8.33. The van der Waals surface area contributed by atoms with E-state index < -0.39 is 6.16 Å². The molecule has 0 saturated heterocycles. The smallest absolute Gasteiger partial charge is 0.652 e. The number of rotatable bonds is 0. The van der Waals surface area contributed by atoms with Gasteiger partial charge in [0.25, 0.3) is 0 Å². The summed E-state index contributed by atoms with van der Waals surface area (Å²) in [6, 6.07) is 0. The molecular weight excluding hydrogens is 140 g/mol. The molecule has 7 heteroatoms. The Kier molecular flexibility index (Phi) is 90.1. The van der Waals surface area contributed by atoms with Crippen LogP contribution in [0.15, 0.2) is 0 Å². The minimum atomic E-state index is -2.33. The summed E-state index contributed by atoms with van der Waals surface area (Å²) in [7, 11) is 0. The molecule has 0 aliphatic carbocycles. The van der Waals surface area contributed by atoms with Crippen molar-refractivity contribution in [1.29, 1.82) is 0 Å². The molecule has 32 valence electrons. The van der Waals surface area contributed by atoms with Gasteiger partial charge in [-0.3, -0.25) is 0 Å². The predicted molar refractivity (Wildman–Crippen MR) is 16.7 cm³/mol. The summed E-state index contributed by atoms with van der Waals surface area (Å²) < 4.78 is 0. The number of hydrogen-bond donors (Lipinski definition) is 0. The maximum Gasteiger partial charge on any atom is 1.00 e. The molecule has 0 rings (SSSR count). The maximum atomic E-state index is 8.33. The van der Waals surface area contributed by atoms with Gasteiger partial charge >= 0.3 is 88.7 Å². The van der Waals surface area contributed by atoms with Gasteiger partial charge in [0.1, 0.15) is 0 Å². The molecule has 0 aromatic carbocycles. The number of carbonyl (C=O) groups is 1. The molecule has 0 N–H and O–H groups in total. The molecule has 0 saturated carbocycles. The van der Waals surface area contributed by atoms with Gasteiger partial charge < -0.3 is 15.0 Å². The fraction of sp³-hybridized carbons (Fsp3) is 0. The van der Waals surface area contributed by atoms with Gasteiger partial charge in [0, 0.05) is 0 Å². The van der Waals surface area contributed by atoms with E-state index >= 15 is 0 Å². The molecule has 0 aromatic heterocycles. The van der Waals surface area contributed by atoms with Gasteiger partial charge in [0.15, 0.2) is 0 Å². The molecule has 0 aliphatic heterocycles. The minimum Gasteiger partial charge on any atom is -0.652 e. The van der Waals surface area contributed by atoms with Gasteiger partial charge in [-0.05, 0) is 6.16 Å². The average Bonchev–Trinajstić information content (AvgIpc) is 0.811. The second-order valence-corrected chi connectivity index (χ2v) is 0.250. The summed E-state index contributed by atoms with van der Waals surface area (Å²) in [5, 5.41) is 16.7. The van der Waals surface area contributed by atoms with Crippen LogP contribution in [0.3, 0.4) is 0 Å². The van der Waals surface area contributed by atoms with E-state index in [2.05, 4.69) is 0 Å². The van der Waals surface area contributed by atoms with Crippen molar-refractivity contribution in [2.45, 2.75) is 0 Å². The van der Waals surface area contributed by atoms with Crippen molar-refractivity contribution in [3.8, 4) is 0 Å². The van der Waals surface area contributed by atoms with E-state index in [-0.39, 0.29) is 97.1 Å². The molecule has 0 aromatic rings. The molecule has 0 bridgehead atoms. The second-order valence-electron chi connectivity index (χ2n) is 0.250. The van der Waals surface area contributed by atoms with Gasteiger partial charge in [0.2, 0.25) is 0 Å². The van der Waals surface area contributed by atoms with Crippen LogP contribution < -0.4 is 98.9 Å². The standard InChI is InChI=1S/CH2O3.BH4.3Na/c2-1(3)4;;;;/h(H2,2,3,4);1H4;;;/q;-1;3*+1/p-2. The molecule has 0 amide bonds. The zero-order chi connectivity index (χ0) is 3.58. The second kappa shape index (κ2) is 22.8. The third kappa shape index (κ3) is 82.3. The fourth-order valence-corrected chi connectivity index (χ4v) is 0. The van der Waals surface area contributed by atoms with Crippen LogP contribution in [0.25, 0.3) is 0 Å². The van der Waals surface area contributed by atoms with Crippen molar-refractivity contribution >= 4 is 14.6 Å². The number of hydrogen-bond acceptors (Lipinski definition) is 3. The van der Waals surface area contributed by atoms with E-state index in [1.165, 1.54) is 0 Å². The van der Waals surface area contributed by atoms with Crippen LogP contribution >= 0.6 is 0 Å². The van der Waals surface area contributed by atoms with E-state index in [9.17, 15) is 0 Å². The van der Waals surface area contributed by atoms with E-state index in [0.29, 0.717) is 0 Å². The Hall–Kier alpha value is 2.33. The molecular formula is CH4BNa3O3. The van der Waals surface area contributed by atoms with Crippen LogP contribution in [0, 0.1) is 0 Å². The summed E-state index contributed by atoms with van der Waals surface area (Å²) in [6.07, 6.45) is -2.33. The van der Waals surface area contributed by atoms with Crippen LogP contribution in [0.5, 0.6) is 0 Å². The molecule has 0 spiro atoms. The van der Waals surface area contributed by atoms with Crippen LogP contribution in [0.4, 0.5) is 4.79 Å². The summed E-state index contributed by atoms with van der Waals surface area (Å²) in [4.78, 5) is 8.33. The quantitative estimate of drug-likeness (QED) is 0.317.